The van der Waals surface area contributed by atoms with Crippen LogP contribution in [0.5, 0.6) is 11.5 Å². The van der Waals surface area contributed by atoms with Gasteiger partial charge in [0.05, 0.1) is 34.0 Å². The van der Waals surface area contributed by atoms with Gasteiger partial charge in [0, 0.05) is 27.4 Å². The molecule has 0 unspecified atom stereocenters. The van der Waals surface area contributed by atoms with Crippen molar-refractivity contribution in [3.8, 4) is 11.5 Å². The number of alkyl halides is 1. The lowest BCUT2D eigenvalue weighted by atomic mass is 10.1. The molecule has 0 saturated carbocycles. The van der Waals surface area contributed by atoms with Crippen molar-refractivity contribution >= 4 is 74.6 Å². The molecule has 8 rings (SSSR count). The lowest BCUT2D eigenvalue weighted by molar-refractivity contribution is 0.308. The quantitative estimate of drug-likeness (QED) is 0.0714. The largest absolute Gasteiger partial charge is 0.494 e. The van der Waals surface area contributed by atoms with Crippen LogP contribution in [0.1, 0.15) is 33.1 Å². The molecule has 14 heteroatoms. The van der Waals surface area contributed by atoms with Crippen LogP contribution in [0.2, 0.25) is 0 Å². The van der Waals surface area contributed by atoms with Crippen LogP contribution in [0.15, 0.2) is 141 Å². The number of aromatic nitrogens is 4. The molecule has 0 bridgehead atoms. The highest BCUT2D eigenvalue weighted by Crippen LogP contribution is 2.34. The van der Waals surface area contributed by atoms with Crippen LogP contribution in [0.4, 0.5) is 0 Å². The van der Waals surface area contributed by atoms with E-state index in [2.05, 4.69) is 20.4 Å². The number of sulfone groups is 2. The maximum absolute atomic E-state index is 13.4. The molecule has 0 spiro atoms. The molecule has 4 N–H and O–H groups in total. The average molecular weight is 826 g/mol. The molecule has 11 nitrogen and oxygen atoms in total. The SMILES string of the molecule is C.NCCCCOc1ccc2n[nH]c(S(=O)(=O)c3cccc4ccccc34)c2c1.O=S(=O)(c1cccc2ccccc12)c1[nH]nc2ccc(OCCCCCl)cc12. The second kappa shape index (κ2) is 18.2. The third-order valence-corrected chi connectivity index (χ3v) is 13.1. The molecule has 296 valence electrons. The van der Waals surface area contributed by atoms with Crippen molar-refractivity contribution in [1.82, 2.24) is 20.4 Å². The Bertz CT molecular complexity index is 2650. The normalized spacial score (nSPS) is 11.7. The minimum Gasteiger partial charge on any atom is -0.494 e. The Hall–Kier alpha value is -5.47. The Kier molecular flexibility index (Phi) is 13.1. The summed E-state index contributed by atoms with van der Waals surface area (Å²) in [5.74, 6) is 1.82. The fraction of sp³-hybridized carbons (Fsp3) is 0.209. The zero-order valence-electron chi connectivity index (χ0n) is 30.3. The topological polar surface area (TPSA) is 170 Å². The van der Waals surface area contributed by atoms with Crippen LogP contribution in [-0.2, 0) is 19.7 Å². The third kappa shape index (κ3) is 8.76. The molecule has 0 amide bonds. The van der Waals surface area contributed by atoms with Crippen molar-refractivity contribution in [2.45, 2.75) is 53.0 Å². The van der Waals surface area contributed by atoms with E-state index in [0.717, 1.165) is 36.5 Å². The predicted octanol–water partition coefficient (Wildman–Crippen LogP) is 9.25. The maximum Gasteiger partial charge on any atom is 0.224 e. The van der Waals surface area contributed by atoms with E-state index in [1.54, 1.807) is 60.7 Å². The van der Waals surface area contributed by atoms with Crippen LogP contribution in [-0.4, -0.2) is 62.9 Å². The smallest absolute Gasteiger partial charge is 0.224 e. The van der Waals surface area contributed by atoms with Gasteiger partial charge in [-0.15, -0.1) is 11.6 Å². The van der Waals surface area contributed by atoms with Gasteiger partial charge in [0.1, 0.15) is 11.5 Å². The summed E-state index contributed by atoms with van der Waals surface area (Å²) in [5.41, 5.74) is 6.65. The van der Waals surface area contributed by atoms with Crippen LogP contribution in [0, 0.1) is 0 Å². The third-order valence-electron chi connectivity index (χ3n) is 9.26. The lowest BCUT2D eigenvalue weighted by Crippen LogP contribution is -2.04. The summed E-state index contributed by atoms with van der Waals surface area (Å²) >= 11 is 5.68. The number of nitrogens with zero attached hydrogens (tertiary/aromatic N) is 2. The molecule has 0 atom stereocenters. The van der Waals surface area contributed by atoms with Gasteiger partial charge in [0.15, 0.2) is 10.1 Å². The van der Waals surface area contributed by atoms with E-state index in [1.165, 1.54) is 0 Å². The number of benzene rings is 6. The van der Waals surface area contributed by atoms with Crippen LogP contribution < -0.4 is 15.2 Å². The number of rotatable bonds is 14. The molecule has 0 saturated heterocycles. The number of halogens is 1. The number of aromatic amines is 2. The molecule has 0 aliphatic heterocycles. The van der Waals surface area contributed by atoms with Gasteiger partial charge in [-0.3, -0.25) is 10.2 Å². The number of hydrogen-bond donors (Lipinski definition) is 3. The summed E-state index contributed by atoms with van der Waals surface area (Å²) in [6.45, 7) is 1.69. The van der Waals surface area contributed by atoms with Gasteiger partial charge in [0.25, 0.3) is 0 Å². The zero-order valence-corrected chi connectivity index (χ0v) is 32.7. The Morgan fingerprint density at radius 3 is 1.44 bits per heavy atom. The molecule has 0 aliphatic rings. The first-order valence-electron chi connectivity index (χ1n) is 18.2. The second-order valence-corrected chi connectivity index (χ2v) is 17.1. The molecular weight excluding hydrogens is 782 g/mol. The van der Waals surface area contributed by atoms with E-state index in [4.69, 9.17) is 26.8 Å². The number of unbranched alkanes of at least 4 members (excludes halogenated alkanes) is 2. The molecule has 6 aromatic carbocycles. The van der Waals surface area contributed by atoms with Crippen molar-refractivity contribution in [1.29, 1.82) is 0 Å². The molecular formula is C43H44ClN5O6S2. The average Bonchev–Trinajstić information content (AvgIpc) is 3.86. The first-order chi connectivity index (χ1) is 27.2. The van der Waals surface area contributed by atoms with E-state index in [-0.39, 0.29) is 27.3 Å². The van der Waals surface area contributed by atoms with Crippen molar-refractivity contribution in [2.24, 2.45) is 5.73 Å². The van der Waals surface area contributed by atoms with Crippen molar-refractivity contribution in [3.05, 3.63) is 121 Å². The molecule has 0 radical (unpaired) electrons. The van der Waals surface area contributed by atoms with Crippen LogP contribution >= 0.6 is 11.6 Å². The zero-order chi connectivity index (χ0) is 39.1. The van der Waals surface area contributed by atoms with E-state index >= 15 is 0 Å². The summed E-state index contributed by atoms with van der Waals surface area (Å²) < 4.78 is 65.1. The molecule has 57 heavy (non-hydrogen) atoms. The van der Waals surface area contributed by atoms with Gasteiger partial charge in [0.2, 0.25) is 19.7 Å². The number of nitrogens with one attached hydrogen (secondary N) is 2. The Morgan fingerprint density at radius 1 is 0.544 bits per heavy atom. The fourth-order valence-electron chi connectivity index (χ4n) is 6.42. The Balaban J connectivity index is 0.000000189. The maximum atomic E-state index is 13.4. The van der Waals surface area contributed by atoms with E-state index in [9.17, 15) is 16.8 Å². The van der Waals surface area contributed by atoms with Crippen molar-refractivity contribution in [2.75, 3.05) is 25.6 Å². The van der Waals surface area contributed by atoms with Crippen molar-refractivity contribution < 1.29 is 26.3 Å². The summed E-state index contributed by atoms with van der Waals surface area (Å²) in [7, 11) is -7.57. The number of nitrogens with two attached hydrogens (primary N) is 1. The number of fused-ring (bicyclic) bond motifs is 4. The van der Waals surface area contributed by atoms with Gasteiger partial charge in [-0.2, -0.15) is 10.2 Å². The number of H-pyrrole nitrogens is 2. The predicted molar refractivity (Wildman–Crippen MR) is 227 cm³/mol. The molecule has 0 fully saturated rings. The molecule has 2 aromatic heterocycles. The van der Waals surface area contributed by atoms with Gasteiger partial charge in [-0.1, -0.05) is 80.2 Å². The highest BCUT2D eigenvalue weighted by atomic mass is 35.5. The first kappa shape index (κ1) is 41.2. The van der Waals surface area contributed by atoms with Gasteiger partial charge in [-0.25, -0.2) is 16.8 Å². The van der Waals surface area contributed by atoms with Gasteiger partial charge < -0.3 is 15.2 Å². The molecule has 0 aliphatic carbocycles. The van der Waals surface area contributed by atoms with Crippen LogP contribution in [0.3, 0.4) is 0 Å². The van der Waals surface area contributed by atoms with Gasteiger partial charge >= 0.3 is 0 Å². The Labute approximate surface area is 337 Å². The minimum atomic E-state index is -3.79. The second-order valence-electron chi connectivity index (χ2n) is 13.0. The Morgan fingerprint density at radius 2 is 0.982 bits per heavy atom. The van der Waals surface area contributed by atoms with E-state index < -0.39 is 19.7 Å². The monoisotopic (exact) mass is 825 g/mol. The standard InChI is InChI=1S/C21H19ClN2O3S.C21H21N3O3S.CH4/c2*22-12-3-4-13-27-16-10-11-19-18(14-16)21(24-23-19)28(25,26)20-9-5-7-15-6-1-2-8-17(15)20;/h1-2,5-11,14H,3-4,12-13H2,(H,23,24);1-2,5-11,14H,3-4,12-13,22H2,(H,23,24);1H4. The number of ether oxygens (including phenoxy) is 2. The summed E-state index contributed by atoms with van der Waals surface area (Å²) in [4.78, 5) is 0.509. The number of hydrogen-bond acceptors (Lipinski definition) is 9. The summed E-state index contributed by atoms with van der Waals surface area (Å²) in [6.07, 6.45) is 3.44. The van der Waals surface area contributed by atoms with Crippen molar-refractivity contribution in [3.63, 3.8) is 0 Å². The summed E-state index contributed by atoms with van der Waals surface area (Å²) in [5, 5.41) is 18.0. The fourth-order valence-corrected chi connectivity index (χ4v) is 9.76. The van der Waals surface area contributed by atoms with E-state index in [1.807, 2.05) is 60.7 Å². The lowest BCUT2D eigenvalue weighted by Gasteiger charge is -2.08. The summed E-state index contributed by atoms with van der Waals surface area (Å²) in [6, 6.07) is 35.9. The van der Waals surface area contributed by atoms with Gasteiger partial charge in [-0.05, 0) is 91.5 Å². The molecule has 2 heterocycles. The highest BCUT2D eigenvalue weighted by molar-refractivity contribution is 7.92. The van der Waals surface area contributed by atoms with E-state index in [0.29, 0.717) is 69.7 Å². The van der Waals surface area contributed by atoms with Crippen LogP contribution in [0.25, 0.3) is 43.4 Å². The molecule has 8 aromatic rings. The highest BCUT2D eigenvalue weighted by Gasteiger charge is 2.26. The minimum absolute atomic E-state index is 0. The first-order valence-corrected chi connectivity index (χ1v) is 21.7.